The van der Waals surface area contributed by atoms with Crippen molar-refractivity contribution in [3.8, 4) is 0 Å². The Morgan fingerprint density at radius 2 is 2.14 bits per heavy atom. The van der Waals surface area contributed by atoms with Crippen LogP contribution in [-0.4, -0.2) is 11.4 Å². The van der Waals surface area contributed by atoms with Crippen molar-refractivity contribution >= 4 is 46.6 Å². The number of aryl methyl sites for hydroxylation is 1. The van der Waals surface area contributed by atoms with Crippen molar-refractivity contribution in [2.45, 2.75) is 6.92 Å². The number of nitrogens with two attached hydrogens (primary N) is 1. The van der Waals surface area contributed by atoms with Crippen molar-refractivity contribution in [2.24, 2.45) is 10.7 Å². The highest BCUT2D eigenvalue weighted by molar-refractivity contribution is 8.13. The minimum absolute atomic E-state index is 0. The lowest BCUT2D eigenvalue weighted by atomic mass is 10.2. The molecule has 0 aliphatic heterocycles. The zero-order chi connectivity index (χ0) is 9.84. The van der Waals surface area contributed by atoms with Gasteiger partial charge in [0, 0.05) is 5.02 Å². The summed E-state index contributed by atoms with van der Waals surface area (Å²) >= 11 is 7.34. The minimum atomic E-state index is 0. The number of hydrogen-bond donors (Lipinski definition) is 1. The summed E-state index contributed by atoms with van der Waals surface area (Å²) in [6.45, 7) is 1.95. The predicted molar refractivity (Wildman–Crippen MR) is 68.2 cm³/mol. The largest absolute Gasteiger partial charge is 0.378 e. The van der Waals surface area contributed by atoms with Gasteiger partial charge in [-0.05, 0) is 30.9 Å². The van der Waals surface area contributed by atoms with Crippen LogP contribution in [0.5, 0.6) is 0 Å². The van der Waals surface area contributed by atoms with E-state index < -0.39 is 0 Å². The van der Waals surface area contributed by atoms with Gasteiger partial charge in [0.2, 0.25) is 0 Å². The van der Waals surface area contributed by atoms with E-state index in [1.165, 1.54) is 11.8 Å². The Bertz CT molecular complexity index is 340. The second-order valence-corrected chi connectivity index (χ2v) is 3.82. The normalized spacial score (nSPS) is 10.9. The van der Waals surface area contributed by atoms with E-state index in [0.29, 0.717) is 5.17 Å². The molecule has 0 saturated carbocycles. The Morgan fingerprint density at radius 3 is 2.64 bits per heavy atom. The molecule has 0 amide bonds. The number of hydrogen-bond acceptors (Lipinski definition) is 2. The van der Waals surface area contributed by atoms with Gasteiger partial charge in [-0.3, -0.25) is 0 Å². The molecule has 0 fully saturated rings. The molecule has 0 radical (unpaired) electrons. The molecule has 1 aromatic rings. The van der Waals surface area contributed by atoms with Crippen LogP contribution in [0.2, 0.25) is 5.02 Å². The van der Waals surface area contributed by atoms with Crippen molar-refractivity contribution in [3.63, 3.8) is 0 Å². The second kappa shape index (κ2) is 6.17. The van der Waals surface area contributed by atoms with Gasteiger partial charge in [0.05, 0.1) is 5.69 Å². The summed E-state index contributed by atoms with van der Waals surface area (Å²) < 4.78 is 0. The van der Waals surface area contributed by atoms with Crippen LogP contribution in [0.3, 0.4) is 0 Å². The highest BCUT2D eigenvalue weighted by Gasteiger charge is 1.96. The molecule has 0 aliphatic rings. The molecule has 1 aromatic carbocycles. The first-order chi connectivity index (χ1) is 6.13. The Labute approximate surface area is 99.3 Å². The average molecular weight is 251 g/mol. The molecule has 14 heavy (non-hydrogen) atoms. The van der Waals surface area contributed by atoms with Gasteiger partial charge in [-0.1, -0.05) is 29.4 Å². The fourth-order valence-corrected chi connectivity index (χ4v) is 1.20. The first-order valence-corrected chi connectivity index (χ1v) is 5.38. The molecular weight excluding hydrogens is 239 g/mol. The lowest BCUT2D eigenvalue weighted by Crippen LogP contribution is -2.04. The summed E-state index contributed by atoms with van der Waals surface area (Å²) in [5.74, 6) is 0. The average Bonchev–Trinajstić information content (AvgIpc) is 2.11. The maximum atomic E-state index is 5.92. The molecule has 0 aliphatic carbocycles. The van der Waals surface area contributed by atoms with Gasteiger partial charge < -0.3 is 5.73 Å². The highest BCUT2D eigenvalue weighted by atomic mass is 35.5. The number of aliphatic imine (C=N–C) groups is 1. The van der Waals surface area contributed by atoms with Crippen molar-refractivity contribution in [1.29, 1.82) is 0 Å². The summed E-state index contributed by atoms with van der Waals surface area (Å²) in [5, 5.41) is 1.26. The third-order valence-corrected chi connectivity index (χ3v) is 2.52. The van der Waals surface area contributed by atoms with E-state index in [4.69, 9.17) is 17.3 Å². The Morgan fingerprint density at radius 1 is 1.50 bits per heavy atom. The molecule has 2 N–H and O–H groups in total. The topological polar surface area (TPSA) is 38.4 Å². The predicted octanol–water partition coefficient (Wildman–Crippen LogP) is 3.38. The van der Waals surface area contributed by atoms with Crippen molar-refractivity contribution < 1.29 is 0 Å². The molecule has 0 atom stereocenters. The second-order valence-electron chi connectivity index (χ2n) is 2.59. The molecule has 5 heteroatoms. The molecule has 0 heterocycles. The van der Waals surface area contributed by atoms with Gasteiger partial charge in [-0.25, -0.2) is 4.99 Å². The van der Waals surface area contributed by atoms with Crippen molar-refractivity contribution in [3.05, 3.63) is 28.8 Å². The fraction of sp³-hybridized carbons (Fsp3) is 0.222. The van der Waals surface area contributed by atoms with Crippen LogP contribution in [0, 0.1) is 6.92 Å². The monoisotopic (exact) mass is 250 g/mol. The van der Waals surface area contributed by atoms with Gasteiger partial charge in [0.25, 0.3) is 0 Å². The molecule has 0 bridgehead atoms. The Hall–Kier alpha value is -0.380. The maximum Gasteiger partial charge on any atom is 0.158 e. The molecule has 1 rings (SSSR count). The number of rotatable bonds is 1. The fourth-order valence-electron chi connectivity index (χ4n) is 0.824. The van der Waals surface area contributed by atoms with Crippen LogP contribution in [0.15, 0.2) is 23.2 Å². The van der Waals surface area contributed by atoms with Gasteiger partial charge in [-0.15, -0.1) is 12.4 Å². The summed E-state index contributed by atoms with van der Waals surface area (Å²) in [5.41, 5.74) is 7.40. The number of benzene rings is 1. The Balaban J connectivity index is 0.00000169. The highest BCUT2D eigenvalue weighted by Crippen LogP contribution is 2.22. The van der Waals surface area contributed by atoms with Gasteiger partial charge in [0.15, 0.2) is 5.17 Å². The molecule has 78 valence electrons. The third-order valence-electron chi connectivity index (χ3n) is 1.60. The van der Waals surface area contributed by atoms with Gasteiger partial charge in [0.1, 0.15) is 0 Å². The van der Waals surface area contributed by atoms with Crippen LogP contribution in [0.4, 0.5) is 5.69 Å². The van der Waals surface area contributed by atoms with Crippen molar-refractivity contribution in [1.82, 2.24) is 0 Å². The van der Waals surface area contributed by atoms with E-state index in [-0.39, 0.29) is 12.4 Å². The van der Waals surface area contributed by atoms with E-state index in [0.717, 1.165) is 16.3 Å². The maximum absolute atomic E-state index is 5.92. The van der Waals surface area contributed by atoms with E-state index in [2.05, 4.69) is 4.99 Å². The minimum Gasteiger partial charge on any atom is -0.378 e. The van der Waals surface area contributed by atoms with Gasteiger partial charge in [-0.2, -0.15) is 0 Å². The van der Waals surface area contributed by atoms with E-state index >= 15 is 0 Å². The molecule has 0 spiro atoms. The smallest absolute Gasteiger partial charge is 0.158 e. The van der Waals surface area contributed by atoms with Crippen LogP contribution >= 0.6 is 35.8 Å². The number of thioether (sulfide) groups is 1. The summed E-state index contributed by atoms with van der Waals surface area (Å²) in [4.78, 5) is 4.15. The quantitative estimate of drug-likeness (QED) is 0.613. The number of halogens is 2. The zero-order valence-corrected chi connectivity index (χ0v) is 10.3. The van der Waals surface area contributed by atoms with Crippen LogP contribution in [-0.2, 0) is 0 Å². The molecule has 0 unspecified atom stereocenters. The molecule has 2 nitrogen and oxygen atoms in total. The van der Waals surface area contributed by atoms with Crippen LogP contribution < -0.4 is 5.73 Å². The molecular formula is C9H12Cl2N2S. The van der Waals surface area contributed by atoms with Crippen LogP contribution in [0.1, 0.15) is 5.56 Å². The first-order valence-electron chi connectivity index (χ1n) is 3.78. The van der Waals surface area contributed by atoms with E-state index in [1.54, 1.807) is 6.07 Å². The lowest BCUT2D eigenvalue weighted by Gasteiger charge is -1.99. The standard InChI is InChI=1S/C9H11ClN2S.ClH/c1-6-3-4-7(5-8(6)10)12-9(11)13-2;/h3-5H,1-2H3,(H2,11,12);1H. The molecule has 0 aromatic heterocycles. The van der Waals surface area contributed by atoms with Crippen molar-refractivity contribution in [2.75, 3.05) is 6.26 Å². The summed E-state index contributed by atoms with van der Waals surface area (Å²) in [6.07, 6.45) is 1.88. The van der Waals surface area contributed by atoms with E-state index in [9.17, 15) is 0 Å². The zero-order valence-electron chi connectivity index (χ0n) is 7.95. The number of nitrogens with zero attached hydrogens (tertiary/aromatic N) is 1. The Kier molecular flexibility index (Phi) is 6.00. The summed E-state index contributed by atoms with van der Waals surface area (Å²) in [7, 11) is 0. The first kappa shape index (κ1) is 13.6. The SMILES string of the molecule is CSC(N)=Nc1ccc(C)c(Cl)c1.Cl. The van der Waals surface area contributed by atoms with E-state index in [1.807, 2.05) is 25.3 Å². The third kappa shape index (κ3) is 3.78. The molecule has 0 saturated heterocycles. The van der Waals surface area contributed by atoms with Gasteiger partial charge >= 0.3 is 0 Å². The lowest BCUT2D eigenvalue weighted by molar-refractivity contribution is 1.43. The summed E-state index contributed by atoms with van der Waals surface area (Å²) in [6, 6.07) is 5.62. The van der Waals surface area contributed by atoms with Crippen LogP contribution in [0.25, 0.3) is 0 Å². The number of amidine groups is 1.